The second-order valence-corrected chi connectivity index (χ2v) is 14.0. The number of hydrogen-bond acceptors (Lipinski definition) is 2. The fourth-order valence-electron chi connectivity index (χ4n) is 1.39. The van der Waals surface area contributed by atoms with Gasteiger partial charge in [0.15, 0.2) is 0 Å². The Morgan fingerprint density at radius 2 is 1.22 bits per heavy atom. The van der Waals surface area contributed by atoms with Crippen LogP contribution in [0.2, 0.25) is 18.1 Å². The zero-order chi connectivity index (χ0) is 17.7. The molecule has 2 nitrogen and oxygen atoms in total. The molecule has 0 heterocycles. The molecule has 0 aliphatic carbocycles. The standard InChI is InChI=1S/C12H19IOSi.C6H5IO/c1-12(2,3)15(4,5)14-11-8-6-10(13)7-9-11;7-5-1-3-6(8)4-2-5/h6-9H,1-5H3;1-4,8H. The number of phenolic OH excluding ortho intramolecular Hbond substituents is 1. The lowest BCUT2D eigenvalue weighted by molar-refractivity contribution is 0.475. The minimum Gasteiger partial charge on any atom is -0.544 e. The van der Waals surface area contributed by atoms with Gasteiger partial charge in [-0.3, -0.25) is 0 Å². The van der Waals surface area contributed by atoms with Crippen molar-refractivity contribution in [3.05, 3.63) is 55.7 Å². The van der Waals surface area contributed by atoms with Gasteiger partial charge in [0.05, 0.1) is 0 Å². The Kier molecular flexibility index (Phi) is 7.86. The molecule has 2 rings (SSSR count). The Hall–Kier alpha value is -0.283. The molecule has 0 amide bonds. The van der Waals surface area contributed by atoms with Crippen molar-refractivity contribution in [3.63, 3.8) is 0 Å². The van der Waals surface area contributed by atoms with Gasteiger partial charge in [0.2, 0.25) is 8.32 Å². The van der Waals surface area contributed by atoms with E-state index in [0.29, 0.717) is 5.75 Å². The van der Waals surface area contributed by atoms with E-state index in [-0.39, 0.29) is 5.04 Å². The van der Waals surface area contributed by atoms with Crippen molar-refractivity contribution in [1.82, 2.24) is 0 Å². The molecule has 0 saturated carbocycles. The first-order valence-electron chi connectivity index (χ1n) is 7.40. The van der Waals surface area contributed by atoms with Gasteiger partial charge in [0, 0.05) is 7.14 Å². The lowest BCUT2D eigenvalue weighted by atomic mass is 10.2. The molecular formula is C18H24I2O2Si. The minimum atomic E-state index is -1.67. The van der Waals surface area contributed by atoms with Gasteiger partial charge in [-0.15, -0.1) is 0 Å². The van der Waals surface area contributed by atoms with Crippen molar-refractivity contribution in [3.8, 4) is 11.5 Å². The number of halogens is 2. The Morgan fingerprint density at radius 3 is 1.57 bits per heavy atom. The van der Waals surface area contributed by atoms with Gasteiger partial charge in [0.25, 0.3) is 0 Å². The van der Waals surface area contributed by atoms with Crippen molar-refractivity contribution in [2.24, 2.45) is 0 Å². The molecule has 0 aliphatic heterocycles. The van der Waals surface area contributed by atoms with Gasteiger partial charge in [-0.05, 0) is 112 Å². The minimum absolute atomic E-state index is 0.260. The van der Waals surface area contributed by atoms with Crippen LogP contribution in [0.3, 0.4) is 0 Å². The van der Waals surface area contributed by atoms with Crippen molar-refractivity contribution in [2.75, 3.05) is 0 Å². The zero-order valence-electron chi connectivity index (χ0n) is 14.2. The van der Waals surface area contributed by atoms with Gasteiger partial charge in [-0.2, -0.15) is 0 Å². The van der Waals surface area contributed by atoms with Crippen LogP contribution >= 0.6 is 45.2 Å². The molecule has 0 fully saturated rings. The van der Waals surface area contributed by atoms with Gasteiger partial charge in [-0.1, -0.05) is 20.8 Å². The number of aromatic hydroxyl groups is 1. The van der Waals surface area contributed by atoms with Crippen LogP contribution in [-0.4, -0.2) is 13.4 Å². The number of phenols is 1. The van der Waals surface area contributed by atoms with Crippen LogP contribution in [0.1, 0.15) is 20.8 Å². The second kappa shape index (κ2) is 8.71. The van der Waals surface area contributed by atoms with Crippen LogP contribution in [0.15, 0.2) is 48.5 Å². The third-order valence-corrected chi connectivity index (χ3v) is 9.62. The number of benzene rings is 2. The Bertz CT molecular complexity index is 581. The quantitative estimate of drug-likeness (QED) is 0.332. The zero-order valence-corrected chi connectivity index (χ0v) is 19.5. The monoisotopic (exact) mass is 554 g/mol. The Balaban J connectivity index is 0.000000277. The molecule has 1 N–H and O–H groups in total. The van der Waals surface area contributed by atoms with Crippen LogP contribution in [0.25, 0.3) is 0 Å². The van der Waals surface area contributed by atoms with Crippen LogP contribution in [0, 0.1) is 7.14 Å². The average molecular weight is 554 g/mol. The molecule has 0 saturated heterocycles. The molecule has 0 atom stereocenters. The third kappa shape index (κ3) is 7.43. The third-order valence-electron chi connectivity index (χ3n) is 3.82. The summed E-state index contributed by atoms with van der Waals surface area (Å²) in [6.45, 7) is 11.3. The molecule has 0 aromatic heterocycles. The lowest BCUT2D eigenvalue weighted by Gasteiger charge is -2.36. The summed E-state index contributed by atoms with van der Waals surface area (Å²) in [5.74, 6) is 1.33. The van der Waals surface area contributed by atoms with Gasteiger partial charge in [-0.25, -0.2) is 0 Å². The maximum Gasteiger partial charge on any atom is 0.250 e. The predicted octanol–water partition coefficient (Wildman–Crippen LogP) is 6.67. The molecule has 2 aromatic rings. The molecule has 5 heteroatoms. The molecule has 23 heavy (non-hydrogen) atoms. The van der Waals surface area contributed by atoms with Crippen molar-refractivity contribution in [2.45, 2.75) is 38.9 Å². The topological polar surface area (TPSA) is 29.5 Å². The molecule has 126 valence electrons. The molecule has 0 bridgehead atoms. The average Bonchev–Trinajstić information content (AvgIpc) is 2.44. The van der Waals surface area contributed by atoms with E-state index < -0.39 is 8.32 Å². The summed E-state index contributed by atoms with van der Waals surface area (Å²) in [6, 6.07) is 15.3. The van der Waals surface area contributed by atoms with Crippen LogP contribution in [-0.2, 0) is 0 Å². The van der Waals surface area contributed by atoms with E-state index in [4.69, 9.17) is 9.53 Å². The molecular weight excluding hydrogens is 530 g/mol. The van der Waals surface area contributed by atoms with E-state index in [1.165, 1.54) is 3.57 Å². The first kappa shape index (κ1) is 20.8. The number of rotatable bonds is 2. The van der Waals surface area contributed by atoms with Crippen molar-refractivity contribution in [1.29, 1.82) is 0 Å². The highest BCUT2D eigenvalue weighted by Crippen LogP contribution is 2.37. The van der Waals surface area contributed by atoms with E-state index in [9.17, 15) is 0 Å². The normalized spacial score (nSPS) is 11.4. The van der Waals surface area contributed by atoms with Crippen LogP contribution in [0.4, 0.5) is 0 Å². The number of hydrogen-bond donors (Lipinski definition) is 1. The molecule has 0 aliphatic rings. The van der Waals surface area contributed by atoms with E-state index in [1.807, 2.05) is 12.1 Å². The lowest BCUT2D eigenvalue weighted by Crippen LogP contribution is -2.43. The van der Waals surface area contributed by atoms with Gasteiger partial charge >= 0.3 is 0 Å². The highest BCUT2D eigenvalue weighted by Gasteiger charge is 2.38. The largest absolute Gasteiger partial charge is 0.544 e. The summed E-state index contributed by atoms with van der Waals surface area (Å²) < 4.78 is 8.54. The molecule has 2 aromatic carbocycles. The maximum atomic E-state index is 8.75. The summed E-state index contributed by atoms with van der Waals surface area (Å²) >= 11 is 4.49. The molecule has 0 spiro atoms. The first-order chi connectivity index (χ1) is 10.5. The van der Waals surface area contributed by atoms with E-state index in [0.717, 1.165) is 9.32 Å². The maximum absolute atomic E-state index is 8.75. The predicted molar refractivity (Wildman–Crippen MR) is 118 cm³/mol. The van der Waals surface area contributed by atoms with E-state index in [2.05, 4.69) is 103 Å². The van der Waals surface area contributed by atoms with Gasteiger partial charge in [0.1, 0.15) is 11.5 Å². The van der Waals surface area contributed by atoms with Gasteiger partial charge < -0.3 is 9.53 Å². The summed E-state index contributed by atoms with van der Waals surface area (Å²) in [5.41, 5.74) is 0. The Labute approximate surface area is 168 Å². The summed E-state index contributed by atoms with van der Waals surface area (Å²) in [6.07, 6.45) is 0. The van der Waals surface area contributed by atoms with Crippen LogP contribution < -0.4 is 4.43 Å². The first-order valence-corrected chi connectivity index (χ1v) is 12.5. The van der Waals surface area contributed by atoms with E-state index >= 15 is 0 Å². The second-order valence-electron chi connectivity index (χ2n) is 6.79. The fraction of sp³-hybridized carbons (Fsp3) is 0.333. The smallest absolute Gasteiger partial charge is 0.250 e. The highest BCUT2D eigenvalue weighted by atomic mass is 127. The Morgan fingerprint density at radius 1 is 0.826 bits per heavy atom. The summed E-state index contributed by atoms with van der Waals surface area (Å²) in [4.78, 5) is 0. The fourth-order valence-corrected chi connectivity index (χ4v) is 3.14. The SMILES string of the molecule is CC(C)(C)[Si](C)(C)Oc1ccc(I)cc1.Oc1ccc(I)cc1. The van der Waals surface area contributed by atoms with Crippen molar-refractivity contribution < 1.29 is 9.53 Å². The molecule has 0 radical (unpaired) electrons. The van der Waals surface area contributed by atoms with E-state index in [1.54, 1.807) is 12.1 Å². The summed E-state index contributed by atoms with van der Waals surface area (Å²) in [7, 11) is -1.67. The summed E-state index contributed by atoms with van der Waals surface area (Å²) in [5, 5.41) is 9.01. The highest BCUT2D eigenvalue weighted by molar-refractivity contribution is 14.1. The van der Waals surface area contributed by atoms with Crippen molar-refractivity contribution >= 4 is 53.5 Å². The molecule has 0 unspecified atom stereocenters. The van der Waals surface area contributed by atoms with Crippen LogP contribution in [0.5, 0.6) is 11.5 Å².